The smallest absolute Gasteiger partial charge is 0.294 e. The third-order valence-corrected chi connectivity index (χ3v) is 7.05. The number of benzene rings is 4. The van der Waals surface area contributed by atoms with Gasteiger partial charge in [0.25, 0.3) is 11.0 Å². The van der Waals surface area contributed by atoms with E-state index in [2.05, 4.69) is 15.0 Å². The Morgan fingerprint density at radius 2 is 1.61 bits per heavy atom. The van der Waals surface area contributed by atoms with Crippen LogP contribution in [0.4, 0.5) is 0 Å². The minimum Gasteiger partial charge on any atom is -0.493 e. The lowest BCUT2D eigenvalue weighted by molar-refractivity contribution is -0.763. The molecule has 5 aromatic rings. The van der Waals surface area contributed by atoms with Crippen molar-refractivity contribution in [2.24, 2.45) is 5.18 Å². The Labute approximate surface area is 252 Å². The van der Waals surface area contributed by atoms with Crippen LogP contribution in [0.5, 0.6) is 17.2 Å². The maximum atomic E-state index is 13.8. The molecule has 0 saturated heterocycles. The van der Waals surface area contributed by atoms with Crippen LogP contribution in [0.1, 0.15) is 15.9 Å². The monoisotopic (exact) mass is 598 g/mol. The second-order valence-corrected chi connectivity index (χ2v) is 9.82. The number of amides is 1. The van der Waals surface area contributed by atoms with Gasteiger partial charge in [-0.2, -0.15) is 4.91 Å². The van der Waals surface area contributed by atoms with Gasteiger partial charge in [0.05, 0.1) is 25.7 Å². The number of nitrogens with zero attached hydrogens (tertiary/aromatic N) is 3. The normalized spacial score (nSPS) is 11.6. The molecule has 5 rings (SSSR count). The van der Waals surface area contributed by atoms with Crippen molar-refractivity contribution in [1.82, 2.24) is 9.88 Å². The van der Waals surface area contributed by atoms with Crippen LogP contribution in [0.3, 0.4) is 0 Å². The van der Waals surface area contributed by atoms with Crippen molar-refractivity contribution in [2.45, 2.75) is 12.6 Å². The molecular weight excluding hydrogens is 568 g/mol. The molecule has 1 aromatic heterocycles. The number of ether oxygens (including phenoxy) is 3. The highest BCUT2D eigenvalue weighted by molar-refractivity contribution is 6.10. The molecule has 0 aliphatic heterocycles. The SMILES string of the molecule is COc1ccccc1OCCN(CC(COc1cccc2[nH]c3ccccc3c12)N=O)C(=O)c1ccccc1CO[N+](=O)[O-]. The Bertz CT molecular complexity index is 1770. The van der Waals surface area contributed by atoms with E-state index >= 15 is 0 Å². The van der Waals surface area contributed by atoms with Gasteiger partial charge in [-0.25, -0.2) is 0 Å². The molecule has 44 heavy (non-hydrogen) atoms. The van der Waals surface area contributed by atoms with Crippen LogP contribution in [0, 0.1) is 15.0 Å². The molecule has 0 saturated carbocycles. The number of carbonyl (C=O) groups excluding carboxylic acids is 1. The molecular formula is C32H30N4O8. The van der Waals surface area contributed by atoms with E-state index in [0.717, 1.165) is 21.8 Å². The first-order chi connectivity index (χ1) is 21.5. The summed E-state index contributed by atoms with van der Waals surface area (Å²) in [6, 6.07) is 26.0. The van der Waals surface area contributed by atoms with Gasteiger partial charge in [0.15, 0.2) is 11.5 Å². The number of methoxy groups -OCH3 is 1. The number of carbonyl (C=O) groups is 1. The van der Waals surface area contributed by atoms with E-state index in [0.29, 0.717) is 22.8 Å². The van der Waals surface area contributed by atoms with E-state index in [1.54, 1.807) is 42.5 Å². The second kappa shape index (κ2) is 14.0. The quantitative estimate of drug-likeness (QED) is 0.0908. The fourth-order valence-electron chi connectivity index (χ4n) is 4.97. The second-order valence-electron chi connectivity index (χ2n) is 9.82. The average Bonchev–Trinajstić information content (AvgIpc) is 3.44. The summed E-state index contributed by atoms with van der Waals surface area (Å²) in [4.78, 5) is 46.0. The molecule has 0 radical (unpaired) electrons. The zero-order valence-electron chi connectivity index (χ0n) is 23.9. The van der Waals surface area contributed by atoms with Crippen molar-refractivity contribution in [3.05, 3.63) is 117 Å². The van der Waals surface area contributed by atoms with Crippen molar-refractivity contribution < 1.29 is 28.9 Å². The molecule has 0 aliphatic carbocycles. The van der Waals surface area contributed by atoms with Crippen molar-refractivity contribution in [3.63, 3.8) is 0 Å². The third-order valence-electron chi connectivity index (χ3n) is 7.05. The lowest BCUT2D eigenvalue weighted by Crippen LogP contribution is -2.41. The average molecular weight is 599 g/mol. The van der Waals surface area contributed by atoms with Gasteiger partial charge in [0, 0.05) is 21.9 Å². The Kier molecular flexibility index (Phi) is 9.50. The Balaban J connectivity index is 1.36. The van der Waals surface area contributed by atoms with Gasteiger partial charge >= 0.3 is 0 Å². The molecule has 0 bridgehead atoms. The standard InChI is InChI=1S/C32H30N4O8/c1-41-28-14-6-7-15-29(28)42-18-17-35(32(37)24-10-3-2-9-22(24)20-44-36(39)40)19-23(34-38)21-43-30-16-8-13-27-31(30)25-11-4-5-12-26(25)33-27/h2-16,23,33H,17-21H2,1H3. The third kappa shape index (κ3) is 6.86. The van der Waals surface area contributed by atoms with E-state index < -0.39 is 23.6 Å². The highest BCUT2D eigenvalue weighted by Gasteiger charge is 2.24. The number of nitroso groups, excluding NO2 is 1. The molecule has 1 unspecified atom stereocenters. The number of rotatable bonds is 15. The highest BCUT2D eigenvalue weighted by Crippen LogP contribution is 2.33. The molecule has 0 fully saturated rings. The van der Waals surface area contributed by atoms with Gasteiger partial charge in [0.2, 0.25) is 0 Å². The lowest BCUT2D eigenvalue weighted by Gasteiger charge is -2.26. The minimum atomic E-state index is -0.937. The summed E-state index contributed by atoms with van der Waals surface area (Å²) >= 11 is 0. The number of nitrogens with one attached hydrogen (secondary N) is 1. The maximum absolute atomic E-state index is 13.8. The van der Waals surface area contributed by atoms with Crippen LogP contribution in [0.25, 0.3) is 21.8 Å². The number of hydrogen-bond acceptors (Lipinski definition) is 9. The zero-order valence-corrected chi connectivity index (χ0v) is 23.9. The largest absolute Gasteiger partial charge is 0.493 e. The van der Waals surface area contributed by atoms with Crippen LogP contribution >= 0.6 is 0 Å². The van der Waals surface area contributed by atoms with Gasteiger partial charge in [-0.05, 0) is 42.0 Å². The Morgan fingerprint density at radius 1 is 0.909 bits per heavy atom. The van der Waals surface area contributed by atoms with Gasteiger partial charge in [-0.15, -0.1) is 10.1 Å². The molecule has 0 aliphatic rings. The minimum absolute atomic E-state index is 0.0702. The summed E-state index contributed by atoms with van der Waals surface area (Å²) < 4.78 is 17.4. The van der Waals surface area contributed by atoms with Crippen molar-refractivity contribution in [2.75, 3.05) is 33.4 Å². The zero-order chi connectivity index (χ0) is 30.9. The number of hydrogen-bond donors (Lipinski definition) is 1. The van der Waals surface area contributed by atoms with Gasteiger partial charge in [-0.3, -0.25) is 4.79 Å². The molecule has 12 heteroatoms. The van der Waals surface area contributed by atoms with Crippen LogP contribution in [0.15, 0.2) is 96.2 Å². The van der Waals surface area contributed by atoms with E-state index in [1.807, 2.05) is 48.5 Å². The molecule has 1 heterocycles. The van der Waals surface area contributed by atoms with Crippen molar-refractivity contribution in [3.8, 4) is 17.2 Å². The topological polar surface area (TPSA) is 146 Å². The summed E-state index contributed by atoms with van der Waals surface area (Å²) in [7, 11) is 1.53. The predicted molar refractivity (Wildman–Crippen MR) is 164 cm³/mol. The number of aromatic nitrogens is 1. The van der Waals surface area contributed by atoms with Crippen molar-refractivity contribution in [1.29, 1.82) is 0 Å². The molecule has 0 spiro atoms. The highest BCUT2D eigenvalue weighted by atomic mass is 16.9. The summed E-state index contributed by atoms with van der Waals surface area (Å²) in [5, 5.41) is 15.0. The first-order valence-electron chi connectivity index (χ1n) is 13.8. The van der Waals surface area contributed by atoms with Crippen LogP contribution in [-0.2, 0) is 11.4 Å². The summed E-state index contributed by atoms with van der Waals surface area (Å²) in [6.07, 6.45) is 0. The number of fused-ring (bicyclic) bond motifs is 3. The van der Waals surface area contributed by atoms with E-state index in [1.165, 1.54) is 12.0 Å². The van der Waals surface area contributed by atoms with Gasteiger partial charge in [0.1, 0.15) is 31.6 Å². The first kappa shape index (κ1) is 29.8. The number of aromatic amines is 1. The maximum Gasteiger partial charge on any atom is 0.294 e. The molecule has 1 amide bonds. The number of para-hydroxylation sites is 3. The molecule has 1 N–H and O–H groups in total. The summed E-state index contributed by atoms with van der Waals surface area (Å²) in [5.74, 6) is 1.12. The molecule has 226 valence electrons. The Hall–Kier alpha value is -5.65. The van der Waals surface area contributed by atoms with E-state index in [9.17, 15) is 19.8 Å². The summed E-state index contributed by atoms with van der Waals surface area (Å²) in [6.45, 7) is -0.447. The van der Waals surface area contributed by atoms with Gasteiger partial charge < -0.3 is 28.9 Å². The Morgan fingerprint density at radius 3 is 2.41 bits per heavy atom. The summed E-state index contributed by atoms with van der Waals surface area (Å²) in [5.41, 5.74) is 2.36. The van der Waals surface area contributed by atoms with Crippen LogP contribution in [0.2, 0.25) is 0 Å². The first-order valence-corrected chi connectivity index (χ1v) is 13.8. The van der Waals surface area contributed by atoms with Gasteiger partial charge in [-0.1, -0.05) is 59.8 Å². The number of H-pyrrole nitrogens is 1. The molecule has 4 aromatic carbocycles. The lowest BCUT2D eigenvalue weighted by atomic mass is 10.1. The fraction of sp³-hybridized carbons (Fsp3) is 0.219. The predicted octanol–water partition coefficient (Wildman–Crippen LogP) is 5.77. The van der Waals surface area contributed by atoms with Crippen LogP contribution in [-0.4, -0.2) is 60.3 Å². The molecule has 1 atom stereocenters. The van der Waals surface area contributed by atoms with E-state index in [-0.39, 0.29) is 31.9 Å². The molecule has 12 nitrogen and oxygen atoms in total. The van der Waals surface area contributed by atoms with Crippen molar-refractivity contribution >= 4 is 27.7 Å². The van der Waals surface area contributed by atoms with E-state index in [4.69, 9.17) is 14.2 Å². The van der Waals surface area contributed by atoms with Crippen LogP contribution < -0.4 is 14.2 Å². The fourth-order valence-corrected chi connectivity index (χ4v) is 4.97.